The molecule has 13 heteroatoms. The van der Waals surface area contributed by atoms with Gasteiger partial charge in [-0.3, -0.25) is 19.9 Å². The lowest BCUT2D eigenvalue weighted by Crippen LogP contribution is -2.40. The van der Waals surface area contributed by atoms with E-state index in [-0.39, 0.29) is 29.9 Å². The number of aryl methyl sites for hydroxylation is 1. The summed E-state index contributed by atoms with van der Waals surface area (Å²) >= 11 is 0. The summed E-state index contributed by atoms with van der Waals surface area (Å²) in [6, 6.07) is 7.01. The standard InChI is InChI=1S/C27H28F2N8O3/c1-36(2)13-22(38)37-8-4-5-14-9-21(40-3)18(12-20(14)37)33-27-34-25-16(6-7-31-25)26(35-27)32-19-11-15(28)10-17(29)23(19)24(30)39/h6-7,9-12H,4-5,8,13H2,1-3H3,(H2,30,39)(H3,31,32,33,34,35)/p+1. The maximum atomic E-state index is 14.4. The number of nitrogens with one attached hydrogen (secondary N) is 4. The summed E-state index contributed by atoms with van der Waals surface area (Å²) in [5.74, 6) is -2.06. The minimum Gasteiger partial charge on any atom is -0.493 e. The highest BCUT2D eigenvalue weighted by atomic mass is 19.1. The van der Waals surface area contributed by atoms with Crippen molar-refractivity contribution in [2.45, 2.75) is 12.8 Å². The zero-order chi connectivity index (χ0) is 28.6. The van der Waals surface area contributed by atoms with Crippen molar-refractivity contribution in [1.82, 2.24) is 14.9 Å². The zero-order valence-electron chi connectivity index (χ0n) is 22.2. The topological polar surface area (TPSA) is 143 Å². The molecule has 6 N–H and O–H groups in total. The van der Waals surface area contributed by atoms with Crippen molar-refractivity contribution in [2.24, 2.45) is 5.73 Å². The van der Waals surface area contributed by atoms with Crippen molar-refractivity contribution in [1.29, 1.82) is 0 Å². The first-order valence-corrected chi connectivity index (χ1v) is 12.5. The minimum atomic E-state index is -1.09. The number of hydrogen-bond donors (Lipinski definition) is 4. The lowest BCUT2D eigenvalue weighted by atomic mass is 10.00. The van der Waals surface area contributed by atoms with Crippen LogP contribution in [0.5, 0.6) is 5.75 Å². The van der Waals surface area contributed by atoms with E-state index in [0.29, 0.717) is 35.1 Å². The van der Waals surface area contributed by atoms with Crippen LogP contribution in [0.4, 0.5) is 37.6 Å². The fraction of sp³-hybridized carbons (Fsp3) is 0.259. The number of aromatic nitrogens is 3. The first kappa shape index (κ1) is 26.8. The number of hydrogen-bond acceptors (Lipinski definition) is 7. The Morgan fingerprint density at radius 3 is 2.73 bits per heavy atom. The number of ether oxygens (including phenoxy) is 1. The lowest BCUT2D eigenvalue weighted by molar-refractivity contribution is -0.333. The third-order valence-corrected chi connectivity index (χ3v) is 6.55. The molecule has 11 nitrogen and oxygen atoms in total. The van der Waals surface area contributed by atoms with Gasteiger partial charge >= 0.3 is 5.95 Å². The molecule has 2 amide bonds. The smallest absolute Gasteiger partial charge is 0.351 e. The molecular weight excluding hydrogens is 522 g/mol. The molecule has 0 fully saturated rings. The molecule has 0 bridgehead atoms. The largest absolute Gasteiger partial charge is 0.493 e. The molecule has 0 atom stereocenters. The molecule has 4 aromatic rings. The highest BCUT2D eigenvalue weighted by molar-refractivity contribution is 6.01. The fourth-order valence-corrected chi connectivity index (χ4v) is 4.81. The highest BCUT2D eigenvalue weighted by Crippen LogP contribution is 2.38. The Bertz CT molecular complexity index is 1620. The number of likely N-dealkylation sites (N-methyl/N-ethyl adjacent to an activating group) is 1. The van der Waals surface area contributed by atoms with Crippen LogP contribution in [0.2, 0.25) is 0 Å². The van der Waals surface area contributed by atoms with Crippen molar-refractivity contribution in [3.63, 3.8) is 0 Å². The molecule has 0 aliphatic carbocycles. The number of aromatic amines is 2. The van der Waals surface area contributed by atoms with Gasteiger partial charge in [-0.2, -0.15) is 0 Å². The van der Waals surface area contributed by atoms with Gasteiger partial charge in [0.25, 0.3) is 5.91 Å². The molecule has 0 spiro atoms. The molecule has 0 unspecified atom stereocenters. The summed E-state index contributed by atoms with van der Waals surface area (Å²) < 4.78 is 34.1. The number of H-pyrrole nitrogens is 2. The van der Waals surface area contributed by atoms with Gasteiger partial charge in [0.05, 0.1) is 36.0 Å². The molecule has 1 aliphatic rings. The lowest BCUT2D eigenvalue weighted by Gasteiger charge is -2.31. The van der Waals surface area contributed by atoms with E-state index in [2.05, 4.69) is 25.6 Å². The predicted octanol–water partition coefficient (Wildman–Crippen LogP) is 3.09. The molecule has 2 aromatic heterocycles. The van der Waals surface area contributed by atoms with Crippen LogP contribution < -0.4 is 31.0 Å². The van der Waals surface area contributed by atoms with Crippen LogP contribution in [0.3, 0.4) is 0 Å². The van der Waals surface area contributed by atoms with E-state index in [1.165, 1.54) is 0 Å². The third kappa shape index (κ3) is 5.23. The average molecular weight is 552 g/mol. The average Bonchev–Trinajstić information content (AvgIpc) is 3.36. The van der Waals surface area contributed by atoms with E-state index in [0.717, 1.165) is 30.2 Å². The van der Waals surface area contributed by atoms with Gasteiger partial charge in [0.15, 0.2) is 5.75 Å². The van der Waals surface area contributed by atoms with E-state index < -0.39 is 23.1 Å². The molecule has 5 rings (SSSR count). The Balaban J connectivity index is 1.55. The Morgan fingerprint density at radius 1 is 1.20 bits per heavy atom. The number of fused-ring (bicyclic) bond motifs is 2. The summed E-state index contributed by atoms with van der Waals surface area (Å²) in [4.78, 5) is 39.2. The number of halogens is 2. The SMILES string of the molecule is COc1cc2c(cc1Nc1nc(Nc3cc(F)cc(F)c3C(N)=O)c3cc[nH]c3[nH+]1)N(C(=O)CN(C)C)CCC2. The quantitative estimate of drug-likeness (QED) is 0.264. The Labute approximate surface area is 228 Å². The number of primary amides is 1. The van der Waals surface area contributed by atoms with Gasteiger partial charge in [0.2, 0.25) is 17.4 Å². The van der Waals surface area contributed by atoms with Gasteiger partial charge in [-0.25, -0.2) is 13.8 Å². The van der Waals surface area contributed by atoms with Crippen LogP contribution in [-0.2, 0) is 11.2 Å². The number of benzene rings is 2. The van der Waals surface area contributed by atoms with Crippen molar-refractivity contribution >= 4 is 51.7 Å². The van der Waals surface area contributed by atoms with E-state index in [4.69, 9.17) is 10.5 Å². The number of methoxy groups -OCH3 is 1. The van der Waals surface area contributed by atoms with Crippen LogP contribution in [0.15, 0.2) is 36.5 Å². The number of amides is 2. The molecular formula is C27H29F2N8O3+. The first-order valence-electron chi connectivity index (χ1n) is 12.5. The fourth-order valence-electron chi connectivity index (χ4n) is 4.81. The summed E-state index contributed by atoms with van der Waals surface area (Å²) in [6.07, 6.45) is 3.30. The number of nitrogens with zero attached hydrogens (tertiary/aromatic N) is 3. The van der Waals surface area contributed by atoms with E-state index in [1.54, 1.807) is 24.3 Å². The molecule has 40 heavy (non-hydrogen) atoms. The molecule has 2 aromatic carbocycles. The van der Waals surface area contributed by atoms with E-state index in [9.17, 15) is 18.4 Å². The highest BCUT2D eigenvalue weighted by Gasteiger charge is 2.27. The molecule has 3 heterocycles. The number of nitrogens with two attached hydrogens (primary N) is 1. The number of anilines is 5. The minimum absolute atomic E-state index is 0.0152. The normalized spacial score (nSPS) is 12.9. The summed E-state index contributed by atoms with van der Waals surface area (Å²) in [7, 11) is 5.24. The van der Waals surface area contributed by atoms with Crippen molar-refractivity contribution in [2.75, 3.05) is 49.8 Å². The maximum Gasteiger partial charge on any atom is 0.351 e. The monoisotopic (exact) mass is 551 g/mol. The second-order valence-corrected chi connectivity index (χ2v) is 9.69. The Hall–Kier alpha value is -4.78. The molecule has 1 aliphatic heterocycles. The van der Waals surface area contributed by atoms with Gasteiger partial charge in [0, 0.05) is 24.9 Å². The molecule has 0 saturated heterocycles. The van der Waals surface area contributed by atoms with Gasteiger partial charge in [-0.05, 0) is 50.7 Å². The third-order valence-electron chi connectivity index (χ3n) is 6.55. The summed E-state index contributed by atoms with van der Waals surface area (Å²) in [6.45, 7) is 0.876. The predicted molar refractivity (Wildman–Crippen MR) is 146 cm³/mol. The van der Waals surface area contributed by atoms with Crippen LogP contribution >= 0.6 is 0 Å². The van der Waals surface area contributed by atoms with Crippen LogP contribution in [-0.4, -0.2) is 61.0 Å². The molecule has 0 saturated carbocycles. The van der Waals surface area contributed by atoms with Crippen molar-refractivity contribution in [3.05, 3.63) is 59.3 Å². The van der Waals surface area contributed by atoms with E-state index in [1.807, 2.05) is 31.1 Å². The van der Waals surface area contributed by atoms with Gasteiger partial charge in [-0.15, -0.1) is 0 Å². The zero-order valence-corrected chi connectivity index (χ0v) is 22.2. The van der Waals surface area contributed by atoms with Crippen LogP contribution in [0.25, 0.3) is 11.0 Å². The number of carbonyl (C=O) groups excluding carboxylic acids is 2. The summed E-state index contributed by atoms with van der Waals surface area (Å²) in [5, 5.41) is 6.61. The van der Waals surface area contributed by atoms with Gasteiger partial charge < -0.3 is 25.6 Å². The van der Waals surface area contributed by atoms with Crippen molar-refractivity contribution < 1.29 is 28.1 Å². The molecule has 0 radical (unpaired) electrons. The van der Waals surface area contributed by atoms with Gasteiger partial charge in [0.1, 0.15) is 17.3 Å². The molecule has 208 valence electrons. The van der Waals surface area contributed by atoms with Gasteiger partial charge in [-0.1, -0.05) is 4.98 Å². The Morgan fingerprint density at radius 2 is 2.00 bits per heavy atom. The maximum absolute atomic E-state index is 14.4. The first-order chi connectivity index (χ1) is 19.1. The van der Waals surface area contributed by atoms with Crippen LogP contribution in [0.1, 0.15) is 22.3 Å². The number of carbonyl (C=O) groups is 2. The number of rotatable bonds is 8. The van der Waals surface area contributed by atoms with E-state index >= 15 is 0 Å². The van der Waals surface area contributed by atoms with Crippen molar-refractivity contribution in [3.8, 4) is 5.75 Å². The second-order valence-electron chi connectivity index (χ2n) is 9.69. The second kappa shape index (κ2) is 10.8. The Kier molecular flexibility index (Phi) is 7.22. The van der Waals surface area contributed by atoms with Crippen LogP contribution in [0, 0.1) is 11.6 Å². The summed E-state index contributed by atoms with van der Waals surface area (Å²) in [5.41, 5.74) is 7.55.